The second-order valence-corrected chi connectivity index (χ2v) is 5.27. The summed E-state index contributed by atoms with van der Waals surface area (Å²) in [6.07, 6.45) is 7.85. The highest BCUT2D eigenvalue weighted by Gasteiger charge is 2.14. The van der Waals surface area contributed by atoms with Crippen LogP contribution < -0.4 is 5.73 Å². The Morgan fingerprint density at radius 1 is 1.25 bits per heavy atom. The molecule has 1 aliphatic heterocycles. The summed E-state index contributed by atoms with van der Waals surface area (Å²) in [5.74, 6) is 0.864. The molecule has 2 rings (SSSR count). The second-order valence-electron chi connectivity index (χ2n) is 4.27. The molecule has 5 heteroatoms. The lowest BCUT2D eigenvalue weighted by Gasteiger charge is -2.22. The Balaban J connectivity index is 1.64. The highest BCUT2D eigenvalue weighted by molar-refractivity contribution is 8.14. The van der Waals surface area contributed by atoms with E-state index in [1.165, 1.54) is 32.1 Å². The van der Waals surface area contributed by atoms with Crippen molar-refractivity contribution in [2.24, 2.45) is 15.9 Å². The Morgan fingerprint density at radius 3 is 2.75 bits per heavy atom. The predicted octanol–water partition coefficient (Wildman–Crippen LogP) is 2.14. The number of ether oxygens (including phenoxy) is 1. The zero-order valence-electron chi connectivity index (χ0n) is 9.52. The first-order chi connectivity index (χ1) is 7.84. The molecule has 1 heterocycles. The van der Waals surface area contributed by atoms with Crippen molar-refractivity contribution in [1.82, 2.24) is 0 Å². The monoisotopic (exact) mass is 241 g/mol. The fraction of sp³-hybridized carbons (Fsp3) is 0.818. The average Bonchev–Trinajstić information content (AvgIpc) is 2.33. The van der Waals surface area contributed by atoms with Gasteiger partial charge in [0.05, 0.1) is 18.4 Å². The molecule has 1 fully saturated rings. The maximum Gasteiger partial charge on any atom is 0.180 e. The highest BCUT2D eigenvalue weighted by atomic mass is 32.2. The molecule has 0 atom stereocenters. The van der Waals surface area contributed by atoms with Crippen LogP contribution in [0.1, 0.15) is 38.5 Å². The van der Waals surface area contributed by atoms with Crippen molar-refractivity contribution in [3.8, 4) is 0 Å². The van der Waals surface area contributed by atoms with Crippen molar-refractivity contribution in [2.45, 2.75) is 44.6 Å². The molecule has 4 nitrogen and oxygen atoms in total. The number of nitrogens with zero attached hydrogens (tertiary/aromatic N) is 2. The summed E-state index contributed by atoms with van der Waals surface area (Å²) in [6.45, 7) is 0.777. The van der Waals surface area contributed by atoms with Crippen LogP contribution in [-0.4, -0.2) is 29.3 Å². The van der Waals surface area contributed by atoms with Crippen molar-refractivity contribution < 1.29 is 4.74 Å². The number of amidine groups is 1. The summed E-state index contributed by atoms with van der Waals surface area (Å²) in [7, 11) is 0. The molecule has 0 aromatic rings. The zero-order valence-corrected chi connectivity index (χ0v) is 10.3. The first-order valence-electron chi connectivity index (χ1n) is 5.98. The van der Waals surface area contributed by atoms with E-state index in [4.69, 9.17) is 10.5 Å². The normalized spacial score (nSPS) is 22.8. The second kappa shape index (κ2) is 6.25. The van der Waals surface area contributed by atoms with Gasteiger partial charge in [0, 0.05) is 12.2 Å². The fourth-order valence-electron chi connectivity index (χ4n) is 2.03. The Hall–Kier alpha value is -0.550. The Morgan fingerprint density at radius 2 is 2.06 bits per heavy atom. The van der Waals surface area contributed by atoms with Gasteiger partial charge in [-0.25, -0.2) is 0 Å². The summed E-state index contributed by atoms with van der Waals surface area (Å²) in [5, 5.41) is 8.51. The zero-order chi connectivity index (χ0) is 11.2. The summed E-state index contributed by atoms with van der Waals surface area (Å²) in [6, 6.07) is 0. The molecule has 0 aromatic carbocycles. The van der Waals surface area contributed by atoms with E-state index in [9.17, 15) is 0 Å². The van der Waals surface area contributed by atoms with Gasteiger partial charge in [-0.15, -0.1) is 5.10 Å². The van der Waals surface area contributed by atoms with E-state index in [2.05, 4.69) is 10.2 Å². The van der Waals surface area contributed by atoms with E-state index in [0.29, 0.717) is 11.3 Å². The predicted molar refractivity (Wildman–Crippen MR) is 69.0 cm³/mol. The van der Waals surface area contributed by atoms with Crippen LogP contribution in [0.3, 0.4) is 0 Å². The smallest absolute Gasteiger partial charge is 0.180 e. The third kappa shape index (κ3) is 3.79. The quantitative estimate of drug-likeness (QED) is 0.820. The molecule has 0 saturated heterocycles. The van der Waals surface area contributed by atoms with Gasteiger partial charge < -0.3 is 10.5 Å². The first kappa shape index (κ1) is 11.9. The number of hydrogen-bond donors (Lipinski definition) is 1. The van der Waals surface area contributed by atoms with Crippen molar-refractivity contribution in [3.63, 3.8) is 0 Å². The summed E-state index contributed by atoms with van der Waals surface area (Å²) in [5.41, 5.74) is 6.61. The molecule has 0 radical (unpaired) electrons. The van der Waals surface area contributed by atoms with Crippen LogP contribution in [0.25, 0.3) is 0 Å². The number of nitrogens with two attached hydrogens (primary N) is 1. The molecule has 1 aliphatic carbocycles. The first-order valence-corrected chi connectivity index (χ1v) is 6.96. The van der Waals surface area contributed by atoms with Gasteiger partial charge in [0.25, 0.3) is 0 Å². The topological polar surface area (TPSA) is 60.0 Å². The molecule has 2 N–H and O–H groups in total. The SMILES string of the molecule is NC1=NN=C(CCOC2CCCCC2)CS1. The lowest BCUT2D eigenvalue weighted by Crippen LogP contribution is -2.20. The van der Waals surface area contributed by atoms with E-state index in [0.717, 1.165) is 24.5 Å². The van der Waals surface area contributed by atoms with Crippen LogP contribution in [0.5, 0.6) is 0 Å². The lowest BCUT2D eigenvalue weighted by molar-refractivity contribution is 0.0327. The van der Waals surface area contributed by atoms with Gasteiger partial charge in [-0.05, 0) is 12.8 Å². The Labute approximate surface area is 101 Å². The molecule has 1 saturated carbocycles. The van der Waals surface area contributed by atoms with Crippen LogP contribution in [0, 0.1) is 0 Å². The molecule has 0 amide bonds. The molecule has 0 aromatic heterocycles. The Bertz CT molecular complexity index is 285. The third-order valence-electron chi connectivity index (χ3n) is 2.97. The Kier molecular flexibility index (Phi) is 4.66. The minimum Gasteiger partial charge on any atom is -0.378 e. The molecular formula is C11H19N3OS. The van der Waals surface area contributed by atoms with Gasteiger partial charge >= 0.3 is 0 Å². The van der Waals surface area contributed by atoms with E-state index in [-0.39, 0.29) is 0 Å². The van der Waals surface area contributed by atoms with Gasteiger partial charge in [0.2, 0.25) is 0 Å². The minimum absolute atomic E-state index is 0.485. The fourth-order valence-corrected chi connectivity index (χ4v) is 2.65. The largest absolute Gasteiger partial charge is 0.378 e. The summed E-state index contributed by atoms with van der Waals surface area (Å²) in [4.78, 5) is 0. The van der Waals surface area contributed by atoms with Crippen LogP contribution in [-0.2, 0) is 4.74 Å². The molecule has 2 aliphatic rings. The van der Waals surface area contributed by atoms with E-state index in [1.807, 2.05) is 0 Å². The van der Waals surface area contributed by atoms with Crippen molar-refractivity contribution in [3.05, 3.63) is 0 Å². The van der Waals surface area contributed by atoms with Crippen LogP contribution in [0.15, 0.2) is 10.2 Å². The number of hydrogen-bond acceptors (Lipinski definition) is 5. The minimum atomic E-state index is 0.485. The van der Waals surface area contributed by atoms with E-state index in [1.54, 1.807) is 11.8 Å². The van der Waals surface area contributed by atoms with Crippen LogP contribution in [0.2, 0.25) is 0 Å². The molecular weight excluding hydrogens is 222 g/mol. The average molecular weight is 241 g/mol. The highest BCUT2D eigenvalue weighted by Crippen LogP contribution is 2.20. The van der Waals surface area contributed by atoms with Gasteiger partial charge in [-0.1, -0.05) is 31.0 Å². The van der Waals surface area contributed by atoms with Crippen molar-refractivity contribution in [2.75, 3.05) is 12.4 Å². The number of thioether (sulfide) groups is 1. The maximum absolute atomic E-state index is 5.84. The lowest BCUT2D eigenvalue weighted by atomic mass is 9.98. The maximum atomic E-state index is 5.84. The van der Waals surface area contributed by atoms with E-state index < -0.39 is 0 Å². The molecule has 16 heavy (non-hydrogen) atoms. The van der Waals surface area contributed by atoms with Gasteiger partial charge in [-0.2, -0.15) is 5.10 Å². The molecule has 0 spiro atoms. The standard InChI is InChI=1S/C11H19N3OS/c12-11-14-13-9(8-16-11)6-7-15-10-4-2-1-3-5-10/h10H,1-8H2,(H2,12,14). The third-order valence-corrected chi connectivity index (χ3v) is 3.83. The van der Waals surface area contributed by atoms with Crippen molar-refractivity contribution >= 4 is 22.6 Å². The van der Waals surface area contributed by atoms with Crippen LogP contribution in [0.4, 0.5) is 0 Å². The molecule has 90 valence electrons. The molecule has 0 unspecified atom stereocenters. The molecule has 0 bridgehead atoms. The van der Waals surface area contributed by atoms with Gasteiger partial charge in [0.1, 0.15) is 0 Å². The van der Waals surface area contributed by atoms with Crippen molar-refractivity contribution in [1.29, 1.82) is 0 Å². The van der Waals surface area contributed by atoms with E-state index >= 15 is 0 Å². The van der Waals surface area contributed by atoms with Gasteiger partial charge in [-0.3, -0.25) is 0 Å². The van der Waals surface area contributed by atoms with Crippen LogP contribution >= 0.6 is 11.8 Å². The van der Waals surface area contributed by atoms with Gasteiger partial charge in [0.15, 0.2) is 5.17 Å². The number of rotatable bonds is 4. The summed E-state index contributed by atoms with van der Waals surface area (Å²) < 4.78 is 5.84. The summed E-state index contributed by atoms with van der Waals surface area (Å²) >= 11 is 1.55.